The number of methoxy groups -OCH3 is 1. The number of para-hydroxylation sites is 1. The zero-order valence-electron chi connectivity index (χ0n) is 13.9. The summed E-state index contributed by atoms with van der Waals surface area (Å²) in [6.07, 6.45) is 0.824. The van der Waals surface area contributed by atoms with Gasteiger partial charge in [-0.25, -0.2) is 0 Å². The van der Waals surface area contributed by atoms with Gasteiger partial charge in [-0.15, -0.1) is 0 Å². The largest absolute Gasteiger partial charge is 0.496 e. The summed E-state index contributed by atoms with van der Waals surface area (Å²) in [5, 5.41) is 6.86. The Hall–Kier alpha value is -2.33. The van der Waals surface area contributed by atoms with Gasteiger partial charge in [-0.3, -0.25) is 5.01 Å². The van der Waals surface area contributed by atoms with Crippen LogP contribution in [-0.2, 0) is 0 Å². The van der Waals surface area contributed by atoms with E-state index in [4.69, 9.17) is 15.6 Å². The maximum Gasteiger partial charge on any atom is 0.124 e. The number of nitrogens with two attached hydrogens (primary N) is 1. The molecule has 0 bridgehead atoms. The smallest absolute Gasteiger partial charge is 0.124 e. The Morgan fingerprint density at radius 1 is 1.22 bits per heavy atom. The van der Waals surface area contributed by atoms with Crippen molar-refractivity contribution in [2.24, 2.45) is 10.8 Å². The maximum absolute atomic E-state index is 5.86. The van der Waals surface area contributed by atoms with Gasteiger partial charge in [-0.1, -0.05) is 35.9 Å². The van der Waals surface area contributed by atoms with Crippen LogP contribution in [0.5, 0.6) is 5.75 Å². The van der Waals surface area contributed by atoms with Gasteiger partial charge in [0.1, 0.15) is 5.75 Å². The third-order valence-corrected chi connectivity index (χ3v) is 4.31. The molecule has 0 amide bonds. The molecule has 4 heteroatoms. The second-order valence-corrected chi connectivity index (χ2v) is 5.97. The third-order valence-electron chi connectivity index (χ3n) is 4.31. The van der Waals surface area contributed by atoms with Crippen molar-refractivity contribution in [3.63, 3.8) is 0 Å². The van der Waals surface area contributed by atoms with Gasteiger partial charge < -0.3 is 10.5 Å². The molecule has 23 heavy (non-hydrogen) atoms. The summed E-state index contributed by atoms with van der Waals surface area (Å²) in [5.74, 6) is 0.890. The number of ether oxygens (including phenoxy) is 1. The maximum atomic E-state index is 5.86. The summed E-state index contributed by atoms with van der Waals surface area (Å²) in [4.78, 5) is 0. The molecule has 0 saturated heterocycles. The van der Waals surface area contributed by atoms with E-state index in [-0.39, 0.29) is 6.04 Å². The van der Waals surface area contributed by atoms with Crippen molar-refractivity contribution in [3.05, 3.63) is 59.2 Å². The lowest BCUT2D eigenvalue weighted by Gasteiger charge is -2.26. The van der Waals surface area contributed by atoms with E-state index in [1.165, 1.54) is 11.1 Å². The van der Waals surface area contributed by atoms with Crippen molar-refractivity contribution in [2.75, 3.05) is 18.7 Å². The number of aryl methyl sites for hydroxylation is 2. The molecule has 0 aromatic heterocycles. The molecule has 0 radical (unpaired) electrons. The van der Waals surface area contributed by atoms with Gasteiger partial charge in [0.05, 0.1) is 24.6 Å². The highest BCUT2D eigenvalue weighted by atomic mass is 16.5. The number of rotatable bonds is 4. The number of anilines is 1. The van der Waals surface area contributed by atoms with Gasteiger partial charge >= 0.3 is 0 Å². The monoisotopic (exact) mass is 309 g/mol. The summed E-state index contributed by atoms with van der Waals surface area (Å²) in [7, 11) is 1.71. The second-order valence-electron chi connectivity index (χ2n) is 5.97. The van der Waals surface area contributed by atoms with Crippen molar-refractivity contribution < 1.29 is 4.74 Å². The second kappa shape index (κ2) is 6.42. The zero-order chi connectivity index (χ0) is 16.4. The molecule has 1 unspecified atom stereocenters. The standard InChI is InChI=1S/C19H23N3O/c1-13-8-9-17(14(2)10-13)22-18(11-15(12-20)21-22)16-6-4-5-7-19(16)23-3/h4-10,18H,11-12,20H2,1-3H3. The predicted octanol–water partition coefficient (Wildman–Crippen LogP) is 3.58. The van der Waals surface area contributed by atoms with E-state index in [9.17, 15) is 0 Å². The molecule has 0 saturated carbocycles. The van der Waals surface area contributed by atoms with Crippen molar-refractivity contribution >= 4 is 11.4 Å². The van der Waals surface area contributed by atoms with Crippen molar-refractivity contribution in [3.8, 4) is 5.75 Å². The molecule has 4 nitrogen and oxygen atoms in total. The summed E-state index contributed by atoms with van der Waals surface area (Å²) in [6, 6.07) is 14.7. The van der Waals surface area contributed by atoms with Gasteiger partial charge in [-0.2, -0.15) is 5.10 Å². The van der Waals surface area contributed by atoms with Crippen LogP contribution in [0, 0.1) is 13.8 Å². The van der Waals surface area contributed by atoms with Gasteiger partial charge in [-0.05, 0) is 31.5 Å². The molecule has 0 fully saturated rings. The average molecular weight is 309 g/mol. The van der Waals surface area contributed by atoms with Crippen LogP contribution in [0.3, 0.4) is 0 Å². The minimum atomic E-state index is 0.117. The van der Waals surface area contributed by atoms with E-state index >= 15 is 0 Å². The minimum absolute atomic E-state index is 0.117. The van der Waals surface area contributed by atoms with E-state index in [2.05, 4.69) is 43.1 Å². The van der Waals surface area contributed by atoms with E-state index in [0.717, 1.165) is 29.1 Å². The molecule has 1 aliphatic heterocycles. The summed E-state index contributed by atoms with van der Waals surface area (Å²) in [5.41, 5.74) is 11.6. The first-order valence-electron chi connectivity index (χ1n) is 7.90. The molecule has 1 aliphatic rings. The van der Waals surface area contributed by atoms with Crippen LogP contribution in [-0.4, -0.2) is 19.4 Å². The zero-order valence-corrected chi connectivity index (χ0v) is 13.9. The van der Waals surface area contributed by atoms with Gasteiger partial charge in [0.15, 0.2) is 0 Å². The SMILES string of the molecule is COc1ccccc1C1CC(CN)=NN1c1ccc(C)cc1C. The lowest BCUT2D eigenvalue weighted by molar-refractivity contribution is 0.405. The van der Waals surface area contributed by atoms with Crippen molar-refractivity contribution in [2.45, 2.75) is 26.3 Å². The number of hydrazone groups is 1. The van der Waals surface area contributed by atoms with E-state index in [1.807, 2.05) is 18.2 Å². The van der Waals surface area contributed by atoms with E-state index in [1.54, 1.807) is 7.11 Å². The highest BCUT2D eigenvalue weighted by molar-refractivity contribution is 5.90. The molecule has 3 rings (SSSR count). The van der Waals surface area contributed by atoms with Crippen LogP contribution in [0.25, 0.3) is 0 Å². The Labute approximate surface area is 137 Å². The highest BCUT2D eigenvalue weighted by Gasteiger charge is 2.31. The van der Waals surface area contributed by atoms with Crippen LogP contribution < -0.4 is 15.5 Å². The fourth-order valence-corrected chi connectivity index (χ4v) is 3.16. The molecular weight excluding hydrogens is 286 g/mol. The highest BCUT2D eigenvalue weighted by Crippen LogP contribution is 2.40. The molecule has 2 aromatic carbocycles. The first-order chi connectivity index (χ1) is 11.1. The number of nitrogens with zero attached hydrogens (tertiary/aromatic N) is 2. The van der Waals surface area contributed by atoms with Gasteiger partial charge in [0, 0.05) is 18.5 Å². The van der Waals surface area contributed by atoms with Crippen LogP contribution in [0.1, 0.15) is 29.2 Å². The first-order valence-corrected chi connectivity index (χ1v) is 7.90. The molecule has 1 atom stereocenters. The summed E-state index contributed by atoms with van der Waals surface area (Å²) >= 11 is 0. The number of hydrogen-bond acceptors (Lipinski definition) is 4. The molecule has 2 N–H and O–H groups in total. The van der Waals surface area contributed by atoms with Crippen molar-refractivity contribution in [1.29, 1.82) is 0 Å². The van der Waals surface area contributed by atoms with Gasteiger partial charge in [0.25, 0.3) is 0 Å². The molecular formula is C19H23N3O. The fourth-order valence-electron chi connectivity index (χ4n) is 3.16. The lowest BCUT2D eigenvalue weighted by Crippen LogP contribution is -2.20. The number of hydrogen-bond donors (Lipinski definition) is 1. The summed E-state index contributed by atoms with van der Waals surface area (Å²) in [6.45, 7) is 4.71. The Morgan fingerprint density at radius 2 is 2.00 bits per heavy atom. The first kappa shape index (κ1) is 15.6. The van der Waals surface area contributed by atoms with Crippen LogP contribution in [0.2, 0.25) is 0 Å². The van der Waals surface area contributed by atoms with Gasteiger partial charge in [0.2, 0.25) is 0 Å². The van der Waals surface area contributed by atoms with Crippen LogP contribution >= 0.6 is 0 Å². The van der Waals surface area contributed by atoms with Crippen molar-refractivity contribution in [1.82, 2.24) is 0 Å². The molecule has 1 heterocycles. The Kier molecular flexibility index (Phi) is 4.35. The minimum Gasteiger partial charge on any atom is -0.496 e. The molecule has 2 aromatic rings. The Morgan fingerprint density at radius 3 is 2.70 bits per heavy atom. The fraction of sp³-hybridized carbons (Fsp3) is 0.316. The predicted molar refractivity (Wildman–Crippen MR) is 95.2 cm³/mol. The normalized spacial score (nSPS) is 17.3. The molecule has 0 aliphatic carbocycles. The molecule has 0 spiro atoms. The Bertz CT molecular complexity index is 739. The quantitative estimate of drug-likeness (QED) is 0.939. The third kappa shape index (κ3) is 2.94. The van der Waals surface area contributed by atoms with Crippen LogP contribution in [0.4, 0.5) is 5.69 Å². The number of benzene rings is 2. The van der Waals surface area contributed by atoms with Crippen LogP contribution in [0.15, 0.2) is 47.6 Å². The van der Waals surface area contributed by atoms with E-state index in [0.29, 0.717) is 6.54 Å². The Balaban J connectivity index is 2.06. The lowest BCUT2D eigenvalue weighted by atomic mass is 9.99. The average Bonchev–Trinajstić information content (AvgIpc) is 2.98. The topological polar surface area (TPSA) is 50.9 Å². The van der Waals surface area contributed by atoms with E-state index < -0.39 is 0 Å². The summed E-state index contributed by atoms with van der Waals surface area (Å²) < 4.78 is 5.55. The molecule has 120 valence electrons.